The number of ketones is 1. The van der Waals surface area contributed by atoms with E-state index in [1.807, 2.05) is 6.07 Å². The van der Waals surface area contributed by atoms with Gasteiger partial charge >= 0.3 is 11.6 Å². The molecule has 0 radical (unpaired) electrons. The maximum atomic E-state index is 13.8. The number of allylic oxidation sites excluding steroid dienone is 2. The van der Waals surface area contributed by atoms with E-state index in [0.717, 1.165) is 0 Å². The molecule has 5 rings (SSSR count). The number of para-hydroxylation sites is 1. The molecule has 2 aliphatic carbocycles. The summed E-state index contributed by atoms with van der Waals surface area (Å²) in [6, 6.07) is 15.5. The van der Waals surface area contributed by atoms with Gasteiger partial charge in [-0.1, -0.05) is 88.9 Å². The highest BCUT2D eigenvalue weighted by Crippen LogP contribution is 2.74. The van der Waals surface area contributed by atoms with E-state index in [2.05, 4.69) is 0 Å². The molecule has 0 N–H and O–H groups in total. The van der Waals surface area contributed by atoms with Crippen molar-refractivity contribution in [2.75, 3.05) is 0 Å². The molecule has 38 heavy (non-hydrogen) atoms. The van der Waals surface area contributed by atoms with E-state index in [4.69, 9.17) is 78.8 Å². The SMILES string of the molecule is CC(=O)C[C@@H](c1ccccc1)c1c(OC(=O)[C@H]2C[C@@]3(Cl)C(Cl)=C(Cl)[C@]2(Cl)C3(Cl)Cl)c2ccccc2oc1=O. The minimum atomic E-state index is -1.93. The normalized spacial score (nSPS) is 26.6. The number of carbonyl (C=O) groups excluding carboxylic acids is 2. The lowest BCUT2D eigenvalue weighted by molar-refractivity contribution is -0.139. The maximum Gasteiger partial charge on any atom is 0.343 e. The molecule has 5 nitrogen and oxygen atoms in total. The number of hydrogen-bond acceptors (Lipinski definition) is 5. The molecular formula is C27H18Cl6O5. The van der Waals surface area contributed by atoms with E-state index in [0.29, 0.717) is 10.9 Å². The molecule has 1 heterocycles. The van der Waals surface area contributed by atoms with Gasteiger partial charge in [-0.15, -0.1) is 23.2 Å². The van der Waals surface area contributed by atoms with Crippen molar-refractivity contribution in [3.05, 3.63) is 86.2 Å². The molecule has 198 valence electrons. The van der Waals surface area contributed by atoms with Crippen LogP contribution < -0.4 is 10.4 Å². The summed E-state index contributed by atoms with van der Waals surface area (Å²) in [5.74, 6) is -3.10. The van der Waals surface area contributed by atoms with Crippen LogP contribution in [0.4, 0.5) is 0 Å². The Kier molecular flexibility index (Phi) is 7.12. The molecule has 1 fully saturated rings. The van der Waals surface area contributed by atoms with Crippen LogP contribution in [0.1, 0.15) is 36.8 Å². The third-order valence-corrected chi connectivity index (χ3v) is 11.4. The van der Waals surface area contributed by atoms with Crippen LogP contribution in [-0.2, 0) is 9.59 Å². The van der Waals surface area contributed by atoms with E-state index in [9.17, 15) is 14.4 Å². The van der Waals surface area contributed by atoms with Gasteiger partial charge in [0.1, 0.15) is 21.1 Å². The summed E-state index contributed by atoms with van der Waals surface area (Å²) in [4.78, 5) is 36.0. The average molecular weight is 635 g/mol. The number of carbonyl (C=O) groups is 2. The summed E-state index contributed by atoms with van der Waals surface area (Å²) in [5.41, 5.74) is 0.0998. The number of alkyl halides is 4. The zero-order valence-corrected chi connectivity index (χ0v) is 24.1. The second-order valence-electron chi connectivity index (χ2n) is 9.39. The molecule has 3 aromatic rings. The highest BCUT2D eigenvalue weighted by atomic mass is 35.5. The number of ether oxygens (including phenoxy) is 1. The Labute approximate surface area is 247 Å². The predicted octanol–water partition coefficient (Wildman–Crippen LogP) is 7.66. The lowest BCUT2D eigenvalue weighted by Crippen LogP contribution is -2.46. The topological polar surface area (TPSA) is 73.6 Å². The van der Waals surface area contributed by atoms with Gasteiger partial charge in [0.25, 0.3) is 0 Å². The monoisotopic (exact) mass is 632 g/mol. The number of esters is 1. The van der Waals surface area contributed by atoms with Crippen molar-refractivity contribution < 1.29 is 18.7 Å². The number of rotatable bonds is 6. The van der Waals surface area contributed by atoms with Crippen molar-refractivity contribution in [3.63, 3.8) is 0 Å². The van der Waals surface area contributed by atoms with E-state index >= 15 is 0 Å². The Morgan fingerprint density at radius 2 is 1.63 bits per heavy atom. The number of halogens is 6. The molecule has 0 amide bonds. The molecular weight excluding hydrogens is 617 g/mol. The minimum absolute atomic E-state index is 0.00787. The summed E-state index contributed by atoms with van der Waals surface area (Å²) in [6.07, 6.45) is -0.203. The minimum Gasteiger partial charge on any atom is -0.425 e. The standard InChI is InChI=1S/C27H18Cl6O5/c1-13(34)11-16(14-7-3-2-4-8-14)19-20(15-9-5-6-10-18(15)37-24(19)36)38-23(35)17-12-25(30)21(28)22(29)26(17,31)27(25,32)33/h2-10,16-17H,11-12H2,1H3/t16-,17+,25+,26-/m0/s1. The van der Waals surface area contributed by atoms with Gasteiger partial charge in [-0.25, -0.2) is 4.79 Å². The Hall–Kier alpha value is -1.73. The fraction of sp³-hybridized carbons (Fsp3) is 0.296. The Morgan fingerprint density at radius 1 is 1.00 bits per heavy atom. The van der Waals surface area contributed by atoms with Crippen LogP contribution in [-0.4, -0.2) is 25.8 Å². The van der Waals surface area contributed by atoms with Crippen molar-refractivity contribution in [1.29, 1.82) is 0 Å². The van der Waals surface area contributed by atoms with Crippen LogP contribution in [0.25, 0.3) is 11.0 Å². The molecule has 11 heteroatoms. The second-order valence-corrected chi connectivity index (χ2v) is 12.7. The summed E-state index contributed by atoms with van der Waals surface area (Å²) < 4.78 is 9.61. The van der Waals surface area contributed by atoms with Gasteiger partial charge in [0, 0.05) is 12.3 Å². The number of benzene rings is 2. The van der Waals surface area contributed by atoms with Crippen molar-refractivity contribution in [2.24, 2.45) is 5.92 Å². The Morgan fingerprint density at radius 3 is 2.24 bits per heavy atom. The van der Waals surface area contributed by atoms with Crippen LogP contribution >= 0.6 is 69.6 Å². The van der Waals surface area contributed by atoms with Crippen LogP contribution in [0, 0.1) is 5.92 Å². The van der Waals surface area contributed by atoms with Crippen LogP contribution in [0.2, 0.25) is 0 Å². The summed E-state index contributed by atoms with van der Waals surface area (Å²) >= 11 is 39.3. The van der Waals surface area contributed by atoms with Crippen LogP contribution in [0.5, 0.6) is 5.75 Å². The second kappa shape index (κ2) is 9.72. The van der Waals surface area contributed by atoms with Gasteiger partial charge in [-0.2, -0.15) is 0 Å². The lowest BCUT2D eigenvalue weighted by atomic mass is 9.87. The third-order valence-electron chi connectivity index (χ3n) is 7.11. The van der Waals surface area contributed by atoms with Crippen molar-refractivity contribution in [3.8, 4) is 5.75 Å². The largest absolute Gasteiger partial charge is 0.425 e. The zero-order chi connectivity index (χ0) is 27.6. The molecule has 1 saturated carbocycles. The smallest absolute Gasteiger partial charge is 0.343 e. The molecule has 2 bridgehead atoms. The molecule has 2 aromatic carbocycles. The first kappa shape index (κ1) is 27.8. The van der Waals surface area contributed by atoms with E-state index in [1.54, 1.807) is 48.5 Å². The molecule has 2 aliphatic rings. The fourth-order valence-electron chi connectivity index (χ4n) is 5.23. The summed E-state index contributed by atoms with van der Waals surface area (Å²) in [5, 5.41) is 0.155. The van der Waals surface area contributed by atoms with Gasteiger partial charge in [0.05, 0.1) is 26.9 Å². The first-order valence-electron chi connectivity index (χ1n) is 11.5. The molecule has 0 unspecified atom stereocenters. The third kappa shape index (κ3) is 3.93. The number of Topliss-reactive ketones (excluding diaryl/α,β-unsaturated/α-hetero) is 1. The van der Waals surface area contributed by atoms with Gasteiger partial charge in [-0.05, 0) is 31.0 Å². The molecule has 1 aromatic heterocycles. The fourth-order valence-corrected chi connectivity index (χ4v) is 7.99. The van der Waals surface area contributed by atoms with Gasteiger partial charge < -0.3 is 9.15 Å². The van der Waals surface area contributed by atoms with Gasteiger partial charge in [-0.3, -0.25) is 9.59 Å². The Bertz CT molecular complexity index is 1570. The molecule has 0 saturated heterocycles. The highest BCUT2D eigenvalue weighted by molar-refractivity contribution is 6.66. The lowest BCUT2D eigenvalue weighted by Gasteiger charge is -2.32. The average Bonchev–Trinajstić information content (AvgIpc) is 3.10. The maximum absolute atomic E-state index is 13.8. The van der Waals surface area contributed by atoms with Gasteiger partial charge in [0.15, 0.2) is 10.1 Å². The number of hydrogen-bond donors (Lipinski definition) is 0. The van der Waals surface area contributed by atoms with Crippen LogP contribution in [0.3, 0.4) is 0 Å². The van der Waals surface area contributed by atoms with Crippen LogP contribution in [0.15, 0.2) is 73.9 Å². The van der Waals surface area contributed by atoms with Crippen molar-refractivity contribution in [1.82, 2.24) is 0 Å². The molecule has 0 spiro atoms. The molecule has 0 aliphatic heterocycles. The first-order chi connectivity index (χ1) is 17.8. The van der Waals surface area contributed by atoms with Gasteiger partial charge in [0.2, 0.25) is 0 Å². The predicted molar refractivity (Wildman–Crippen MR) is 150 cm³/mol. The van der Waals surface area contributed by atoms with E-state index < -0.39 is 37.5 Å². The quantitative estimate of drug-likeness (QED) is 0.158. The van der Waals surface area contributed by atoms with Crippen molar-refractivity contribution >= 4 is 92.3 Å². The summed E-state index contributed by atoms with van der Waals surface area (Å²) in [6.45, 7) is 1.41. The number of fused-ring (bicyclic) bond motifs is 3. The zero-order valence-electron chi connectivity index (χ0n) is 19.6. The Balaban J connectivity index is 1.67. The molecule has 4 atom stereocenters. The van der Waals surface area contributed by atoms with E-state index in [1.165, 1.54) is 6.92 Å². The first-order valence-corrected chi connectivity index (χ1v) is 13.7. The summed E-state index contributed by atoms with van der Waals surface area (Å²) in [7, 11) is 0. The van der Waals surface area contributed by atoms with Crippen molar-refractivity contribution in [2.45, 2.75) is 39.8 Å². The van der Waals surface area contributed by atoms with E-state index in [-0.39, 0.29) is 45.6 Å². The highest BCUT2D eigenvalue weighted by Gasteiger charge is 2.80.